The molecule has 3 aliphatic rings. The Labute approximate surface area is 118 Å². The zero-order valence-corrected chi connectivity index (χ0v) is 12.5. The number of rotatable bonds is 0. The summed E-state index contributed by atoms with van der Waals surface area (Å²) in [6.45, 7) is 2.54. The summed E-state index contributed by atoms with van der Waals surface area (Å²) in [7, 11) is 0. The lowest BCUT2D eigenvalue weighted by molar-refractivity contribution is 0.128. The van der Waals surface area contributed by atoms with Crippen molar-refractivity contribution >= 4 is 0 Å². The molecule has 0 saturated heterocycles. The normalized spacial score (nSPS) is 44.1. The van der Waals surface area contributed by atoms with Crippen molar-refractivity contribution in [3.63, 3.8) is 0 Å². The van der Waals surface area contributed by atoms with E-state index in [9.17, 15) is 5.11 Å². The van der Waals surface area contributed by atoms with E-state index in [1.165, 1.54) is 57.8 Å². The SMILES string of the molecule is CC12CC=C3CCCC(O)CCCCC3C1CCC2. The van der Waals surface area contributed by atoms with E-state index >= 15 is 0 Å². The zero-order valence-electron chi connectivity index (χ0n) is 12.5. The monoisotopic (exact) mass is 262 g/mol. The van der Waals surface area contributed by atoms with E-state index < -0.39 is 0 Å². The van der Waals surface area contributed by atoms with E-state index in [-0.39, 0.29) is 6.10 Å². The van der Waals surface area contributed by atoms with Crippen molar-refractivity contribution in [1.29, 1.82) is 0 Å². The van der Waals surface area contributed by atoms with Gasteiger partial charge in [-0.1, -0.05) is 37.8 Å². The minimum atomic E-state index is -0.0301. The van der Waals surface area contributed by atoms with Gasteiger partial charge in [0.1, 0.15) is 0 Å². The molecule has 0 aromatic heterocycles. The molecule has 0 radical (unpaired) electrons. The van der Waals surface area contributed by atoms with Crippen LogP contribution in [0.4, 0.5) is 0 Å². The molecule has 1 heteroatoms. The first-order valence-electron chi connectivity index (χ1n) is 8.56. The summed E-state index contributed by atoms with van der Waals surface area (Å²) in [5, 5.41) is 9.90. The molecule has 0 heterocycles. The predicted octanol–water partition coefficient (Wildman–Crippen LogP) is 4.84. The van der Waals surface area contributed by atoms with Crippen molar-refractivity contribution in [2.75, 3.05) is 0 Å². The van der Waals surface area contributed by atoms with Crippen LogP contribution in [0.3, 0.4) is 0 Å². The first kappa shape index (κ1) is 13.7. The molecule has 0 aromatic carbocycles. The van der Waals surface area contributed by atoms with Gasteiger partial charge in [-0.25, -0.2) is 0 Å². The van der Waals surface area contributed by atoms with Gasteiger partial charge in [0.25, 0.3) is 0 Å². The fourth-order valence-electron chi connectivity index (χ4n) is 5.08. The van der Waals surface area contributed by atoms with E-state index in [1.807, 2.05) is 0 Å². The van der Waals surface area contributed by atoms with E-state index in [1.54, 1.807) is 5.57 Å². The Bertz CT molecular complexity index is 346. The summed E-state index contributed by atoms with van der Waals surface area (Å²) >= 11 is 0. The number of allylic oxidation sites excluding steroid dienone is 2. The van der Waals surface area contributed by atoms with Gasteiger partial charge in [-0.15, -0.1) is 0 Å². The van der Waals surface area contributed by atoms with Gasteiger partial charge >= 0.3 is 0 Å². The third kappa shape index (κ3) is 2.77. The second-order valence-electron chi connectivity index (χ2n) is 7.57. The van der Waals surface area contributed by atoms with Crippen molar-refractivity contribution in [3.05, 3.63) is 11.6 Å². The second-order valence-corrected chi connectivity index (χ2v) is 7.57. The van der Waals surface area contributed by atoms with Gasteiger partial charge in [0.15, 0.2) is 0 Å². The Morgan fingerprint density at radius 1 is 1.05 bits per heavy atom. The molecule has 108 valence electrons. The number of hydrogen-bond donors (Lipinski definition) is 1. The fourth-order valence-corrected chi connectivity index (χ4v) is 5.08. The molecule has 2 saturated carbocycles. The molecular formula is C18H30O. The Morgan fingerprint density at radius 2 is 1.84 bits per heavy atom. The smallest absolute Gasteiger partial charge is 0.0540 e. The number of hydrogen-bond acceptors (Lipinski definition) is 1. The molecule has 3 rings (SSSR count). The van der Waals surface area contributed by atoms with Crippen LogP contribution in [0.15, 0.2) is 11.6 Å². The van der Waals surface area contributed by atoms with Crippen molar-refractivity contribution in [1.82, 2.24) is 0 Å². The van der Waals surface area contributed by atoms with Crippen LogP contribution in [-0.2, 0) is 0 Å². The highest BCUT2D eigenvalue weighted by Gasteiger charge is 2.45. The highest BCUT2D eigenvalue weighted by atomic mass is 16.3. The Morgan fingerprint density at radius 3 is 2.74 bits per heavy atom. The molecule has 4 unspecified atom stereocenters. The molecule has 0 amide bonds. The van der Waals surface area contributed by atoms with Gasteiger partial charge in [-0.3, -0.25) is 0 Å². The molecular weight excluding hydrogens is 232 g/mol. The van der Waals surface area contributed by atoms with Crippen molar-refractivity contribution in [3.8, 4) is 0 Å². The lowest BCUT2D eigenvalue weighted by atomic mass is 9.63. The minimum absolute atomic E-state index is 0.0301. The quantitative estimate of drug-likeness (QED) is 0.619. The lowest BCUT2D eigenvalue weighted by Gasteiger charge is -2.42. The Kier molecular flexibility index (Phi) is 4.03. The maximum Gasteiger partial charge on any atom is 0.0540 e. The van der Waals surface area contributed by atoms with Crippen molar-refractivity contribution in [2.45, 2.75) is 83.7 Å². The van der Waals surface area contributed by atoms with Crippen LogP contribution < -0.4 is 0 Å². The van der Waals surface area contributed by atoms with Gasteiger partial charge in [-0.2, -0.15) is 0 Å². The highest BCUT2D eigenvalue weighted by molar-refractivity contribution is 5.18. The van der Waals surface area contributed by atoms with E-state index in [0.717, 1.165) is 24.7 Å². The van der Waals surface area contributed by atoms with Gasteiger partial charge in [0.05, 0.1) is 6.10 Å². The van der Waals surface area contributed by atoms with Gasteiger partial charge < -0.3 is 5.11 Å². The average Bonchev–Trinajstić information content (AvgIpc) is 2.78. The minimum Gasteiger partial charge on any atom is -0.393 e. The summed E-state index contributed by atoms with van der Waals surface area (Å²) in [6, 6.07) is 0. The third-order valence-corrected chi connectivity index (χ3v) is 6.26. The molecule has 1 N–H and O–H groups in total. The molecule has 0 aliphatic heterocycles. The van der Waals surface area contributed by atoms with E-state index in [0.29, 0.717) is 5.41 Å². The first-order chi connectivity index (χ1) is 9.19. The van der Waals surface area contributed by atoms with E-state index in [2.05, 4.69) is 13.0 Å². The summed E-state index contributed by atoms with van der Waals surface area (Å²) in [6.07, 6.45) is 16.7. The summed E-state index contributed by atoms with van der Waals surface area (Å²) < 4.78 is 0. The molecule has 2 fully saturated rings. The second kappa shape index (κ2) is 5.60. The molecule has 1 nitrogen and oxygen atoms in total. The number of fused-ring (bicyclic) bond motifs is 3. The zero-order chi connectivity index (χ0) is 13.3. The molecule has 0 bridgehead atoms. The molecule has 4 atom stereocenters. The topological polar surface area (TPSA) is 20.2 Å². The highest BCUT2D eigenvalue weighted by Crippen LogP contribution is 2.55. The fraction of sp³-hybridized carbons (Fsp3) is 0.889. The van der Waals surface area contributed by atoms with Crippen LogP contribution in [0.1, 0.15) is 77.6 Å². The Hall–Kier alpha value is -0.300. The van der Waals surface area contributed by atoms with Gasteiger partial charge in [-0.05, 0) is 68.6 Å². The maximum absolute atomic E-state index is 9.90. The first-order valence-corrected chi connectivity index (χ1v) is 8.56. The largest absolute Gasteiger partial charge is 0.393 e. The third-order valence-electron chi connectivity index (χ3n) is 6.26. The van der Waals surface area contributed by atoms with Crippen LogP contribution in [0, 0.1) is 17.3 Å². The lowest BCUT2D eigenvalue weighted by Crippen LogP contribution is -2.33. The van der Waals surface area contributed by atoms with Crippen molar-refractivity contribution < 1.29 is 5.11 Å². The van der Waals surface area contributed by atoms with Crippen LogP contribution in [0.5, 0.6) is 0 Å². The molecule has 19 heavy (non-hydrogen) atoms. The number of aliphatic hydroxyl groups excluding tert-OH is 1. The van der Waals surface area contributed by atoms with Crippen LogP contribution in [0.2, 0.25) is 0 Å². The van der Waals surface area contributed by atoms with Crippen molar-refractivity contribution in [2.24, 2.45) is 17.3 Å². The molecule has 0 spiro atoms. The van der Waals surface area contributed by atoms with Gasteiger partial charge in [0, 0.05) is 0 Å². The Balaban J connectivity index is 1.76. The maximum atomic E-state index is 9.90. The summed E-state index contributed by atoms with van der Waals surface area (Å²) in [5.74, 6) is 1.85. The average molecular weight is 262 g/mol. The van der Waals surface area contributed by atoms with Gasteiger partial charge in [0.2, 0.25) is 0 Å². The van der Waals surface area contributed by atoms with Crippen LogP contribution in [0.25, 0.3) is 0 Å². The van der Waals surface area contributed by atoms with Crippen LogP contribution >= 0.6 is 0 Å². The summed E-state index contributed by atoms with van der Waals surface area (Å²) in [4.78, 5) is 0. The number of aliphatic hydroxyl groups is 1. The van der Waals surface area contributed by atoms with E-state index in [4.69, 9.17) is 0 Å². The van der Waals surface area contributed by atoms with Crippen LogP contribution in [-0.4, -0.2) is 11.2 Å². The molecule has 0 aromatic rings. The standard InChI is InChI=1S/C18H30O/c1-18-12-5-10-17(18)16-9-3-2-7-15(19)8-4-6-14(16)11-13-18/h11,15-17,19H,2-10,12-13H2,1H3. The molecule has 3 aliphatic carbocycles. The summed E-state index contributed by atoms with van der Waals surface area (Å²) in [5.41, 5.74) is 2.39. The predicted molar refractivity (Wildman–Crippen MR) is 80.0 cm³/mol.